The number of ether oxygens (including phenoxy) is 1. The summed E-state index contributed by atoms with van der Waals surface area (Å²) in [6.45, 7) is 1.56. The van der Waals surface area contributed by atoms with E-state index in [-0.39, 0.29) is 23.9 Å². The molecule has 0 aliphatic carbocycles. The maximum atomic E-state index is 13.5. The Hall–Kier alpha value is -2.15. The molecule has 148 valence electrons. The Kier molecular flexibility index (Phi) is 5.80. The van der Waals surface area contributed by atoms with Gasteiger partial charge in [-0.2, -0.15) is 0 Å². The number of nitrogens with zero attached hydrogens (tertiary/aromatic N) is 2. The number of amides is 1. The molecule has 2 aliphatic heterocycles. The van der Waals surface area contributed by atoms with Crippen LogP contribution in [0.4, 0.5) is 0 Å². The van der Waals surface area contributed by atoms with E-state index in [1.807, 2.05) is 17.3 Å². The number of rotatable bonds is 4. The van der Waals surface area contributed by atoms with Gasteiger partial charge in [-0.05, 0) is 55.2 Å². The summed E-state index contributed by atoms with van der Waals surface area (Å²) in [5.74, 6) is 0.816. The van der Waals surface area contributed by atoms with E-state index in [1.54, 1.807) is 25.3 Å². The second-order valence-electron chi connectivity index (χ2n) is 7.34. The monoisotopic (exact) mass is 400 g/mol. The van der Waals surface area contributed by atoms with Gasteiger partial charge in [0.25, 0.3) is 5.91 Å². The van der Waals surface area contributed by atoms with Crippen molar-refractivity contribution in [1.82, 2.24) is 20.7 Å². The normalized spacial score (nSPS) is 24.9. The minimum absolute atomic E-state index is 0.0220. The van der Waals surface area contributed by atoms with Gasteiger partial charge in [0.2, 0.25) is 0 Å². The first-order chi connectivity index (χ1) is 13.7. The number of hydrogen-bond donors (Lipinski definition) is 2. The lowest BCUT2D eigenvalue weighted by Gasteiger charge is -2.41. The van der Waals surface area contributed by atoms with Crippen molar-refractivity contribution in [2.75, 3.05) is 20.2 Å². The summed E-state index contributed by atoms with van der Waals surface area (Å²) in [6, 6.07) is 9.55. The molecule has 0 bridgehead atoms. The molecule has 1 aromatic carbocycles. The fourth-order valence-electron chi connectivity index (χ4n) is 4.40. The number of carbonyl (C=O) groups excluding carboxylic acids is 1. The van der Waals surface area contributed by atoms with Crippen molar-refractivity contribution in [2.24, 2.45) is 0 Å². The molecule has 0 spiro atoms. The molecule has 0 saturated carbocycles. The van der Waals surface area contributed by atoms with Crippen LogP contribution in [0.25, 0.3) is 0 Å². The zero-order valence-electron chi connectivity index (χ0n) is 15.9. The quantitative estimate of drug-likeness (QED) is 0.825. The van der Waals surface area contributed by atoms with Gasteiger partial charge in [-0.3, -0.25) is 20.6 Å². The van der Waals surface area contributed by atoms with Gasteiger partial charge >= 0.3 is 0 Å². The molecule has 2 aromatic rings. The number of benzene rings is 1. The molecule has 3 atom stereocenters. The Labute approximate surface area is 170 Å². The SMILES string of the molecule is COc1ccc(Cl)cc1C(=O)N1CCCCC1C1NNCC1c1ccncc1. The van der Waals surface area contributed by atoms with Gasteiger partial charge in [0.15, 0.2) is 0 Å². The van der Waals surface area contributed by atoms with Crippen LogP contribution in [0.15, 0.2) is 42.7 Å². The molecule has 28 heavy (non-hydrogen) atoms. The zero-order chi connectivity index (χ0) is 19.5. The summed E-state index contributed by atoms with van der Waals surface area (Å²) >= 11 is 6.17. The molecular weight excluding hydrogens is 376 g/mol. The number of aromatic nitrogens is 1. The summed E-state index contributed by atoms with van der Waals surface area (Å²) in [6.07, 6.45) is 6.74. The number of nitrogens with one attached hydrogen (secondary N) is 2. The molecule has 6 nitrogen and oxygen atoms in total. The molecule has 7 heteroatoms. The zero-order valence-corrected chi connectivity index (χ0v) is 16.7. The molecule has 3 unspecified atom stereocenters. The van der Waals surface area contributed by atoms with E-state index >= 15 is 0 Å². The van der Waals surface area contributed by atoms with Gasteiger partial charge in [0.1, 0.15) is 5.75 Å². The Morgan fingerprint density at radius 3 is 2.86 bits per heavy atom. The third kappa shape index (κ3) is 3.72. The lowest BCUT2D eigenvalue weighted by atomic mass is 9.84. The van der Waals surface area contributed by atoms with Crippen LogP contribution < -0.4 is 15.6 Å². The predicted molar refractivity (Wildman–Crippen MR) is 109 cm³/mol. The predicted octanol–water partition coefficient (Wildman–Crippen LogP) is 3.00. The van der Waals surface area contributed by atoms with Crippen LogP contribution in [-0.2, 0) is 0 Å². The summed E-state index contributed by atoms with van der Waals surface area (Å²) in [5, 5.41) is 0.535. The smallest absolute Gasteiger partial charge is 0.257 e. The summed E-state index contributed by atoms with van der Waals surface area (Å²) in [5.41, 5.74) is 8.48. The number of methoxy groups -OCH3 is 1. The summed E-state index contributed by atoms with van der Waals surface area (Å²) < 4.78 is 5.42. The van der Waals surface area contributed by atoms with Gasteiger partial charge in [-0.1, -0.05) is 11.6 Å². The average molecular weight is 401 g/mol. The Morgan fingerprint density at radius 2 is 2.07 bits per heavy atom. The molecule has 2 fully saturated rings. The highest BCUT2D eigenvalue weighted by atomic mass is 35.5. The molecule has 3 heterocycles. The maximum absolute atomic E-state index is 13.5. The second kappa shape index (κ2) is 8.47. The van der Waals surface area contributed by atoms with Crippen molar-refractivity contribution in [3.63, 3.8) is 0 Å². The van der Waals surface area contributed by atoms with Crippen LogP contribution in [-0.4, -0.2) is 48.1 Å². The van der Waals surface area contributed by atoms with Gasteiger partial charge in [-0.25, -0.2) is 0 Å². The van der Waals surface area contributed by atoms with Crippen LogP contribution in [0, 0.1) is 0 Å². The lowest BCUT2D eigenvalue weighted by molar-refractivity contribution is 0.0547. The van der Waals surface area contributed by atoms with E-state index in [1.165, 1.54) is 5.56 Å². The third-order valence-corrected chi connectivity index (χ3v) is 6.01. The van der Waals surface area contributed by atoms with E-state index in [0.717, 1.165) is 32.4 Å². The van der Waals surface area contributed by atoms with Crippen molar-refractivity contribution in [3.8, 4) is 5.75 Å². The van der Waals surface area contributed by atoms with Crippen LogP contribution >= 0.6 is 11.6 Å². The Balaban J connectivity index is 1.63. The van der Waals surface area contributed by atoms with Crippen LogP contribution in [0.3, 0.4) is 0 Å². The number of pyridine rings is 1. The van der Waals surface area contributed by atoms with E-state index in [4.69, 9.17) is 16.3 Å². The standard InChI is InChI=1S/C21H25ClN4O2/c1-28-19-6-5-15(22)12-16(19)21(27)26-11-3-2-4-18(26)20-17(13-24-25-20)14-7-9-23-10-8-14/h5-10,12,17-18,20,24-25H,2-4,11,13H2,1H3. The second-order valence-corrected chi connectivity index (χ2v) is 7.78. The molecule has 2 N–H and O–H groups in total. The first-order valence-corrected chi connectivity index (χ1v) is 10.1. The van der Waals surface area contributed by atoms with Gasteiger partial charge in [0, 0.05) is 48.5 Å². The lowest BCUT2D eigenvalue weighted by Crippen LogP contribution is -2.55. The fourth-order valence-corrected chi connectivity index (χ4v) is 4.57. The van der Waals surface area contributed by atoms with E-state index in [0.29, 0.717) is 16.3 Å². The fraction of sp³-hybridized carbons (Fsp3) is 0.429. The molecule has 2 aliphatic rings. The number of hydrazine groups is 1. The van der Waals surface area contributed by atoms with Gasteiger partial charge < -0.3 is 9.64 Å². The highest BCUT2D eigenvalue weighted by Gasteiger charge is 2.40. The summed E-state index contributed by atoms with van der Waals surface area (Å²) in [7, 11) is 1.58. The van der Waals surface area contributed by atoms with Gasteiger partial charge in [-0.15, -0.1) is 0 Å². The van der Waals surface area contributed by atoms with E-state index < -0.39 is 0 Å². The first kappa shape index (κ1) is 19.2. The van der Waals surface area contributed by atoms with Crippen molar-refractivity contribution < 1.29 is 9.53 Å². The van der Waals surface area contributed by atoms with Crippen molar-refractivity contribution >= 4 is 17.5 Å². The molecule has 0 radical (unpaired) electrons. The highest BCUT2D eigenvalue weighted by molar-refractivity contribution is 6.31. The topological polar surface area (TPSA) is 66.5 Å². The minimum atomic E-state index is -0.0220. The summed E-state index contributed by atoms with van der Waals surface area (Å²) in [4.78, 5) is 19.6. The Morgan fingerprint density at radius 1 is 1.25 bits per heavy atom. The van der Waals surface area contributed by atoms with Crippen molar-refractivity contribution in [2.45, 2.75) is 37.3 Å². The van der Waals surface area contributed by atoms with Crippen LogP contribution in [0.1, 0.15) is 41.1 Å². The Bertz CT molecular complexity index is 832. The van der Waals surface area contributed by atoms with Crippen LogP contribution in [0.2, 0.25) is 5.02 Å². The number of likely N-dealkylation sites (tertiary alicyclic amines) is 1. The third-order valence-electron chi connectivity index (χ3n) is 5.78. The number of hydrogen-bond acceptors (Lipinski definition) is 5. The van der Waals surface area contributed by atoms with Crippen molar-refractivity contribution in [3.05, 3.63) is 58.9 Å². The number of halogens is 1. The minimum Gasteiger partial charge on any atom is -0.496 e. The van der Waals surface area contributed by atoms with Gasteiger partial charge in [0.05, 0.1) is 12.7 Å². The largest absolute Gasteiger partial charge is 0.496 e. The van der Waals surface area contributed by atoms with Crippen LogP contribution in [0.5, 0.6) is 5.75 Å². The van der Waals surface area contributed by atoms with Crippen molar-refractivity contribution in [1.29, 1.82) is 0 Å². The maximum Gasteiger partial charge on any atom is 0.257 e. The van der Waals surface area contributed by atoms with E-state index in [2.05, 4.69) is 28.0 Å². The molecule has 2 saturated heterocycles. The molecule has 4 rings (SSSR count). The number of piperidine rings is 1. The first-order valence-electron chi connectivity index (χ1n) is 9.72. The molecule has 1 amide bonds. The molecular formula is C21H25ClN4O2. The molecule has 1 aromatic heterocycles. The average Bonchev–Trinajstić information content (AvgIpc) is 3.23. The highest BCUT2D eigenvalue weighted by Crippen LogP contribution is 2.33. The number of carbonyl (C=O) groups is 1. The van der Waals surface area contributed by atoms with E-state index in [9.17, 15) is 4.79 Å².